The average molecular weight is 348 g/mol. The Morgan fingerprint density at radius 3 is 2.90 bits per heavy atom. The quantitative estimate of drug-likeness (QED) is 0.835. The molecule has 0 aliphatic rings. The molecule has 108 valence electrons. The van der Waals surface area contributed by atoms with Crippen LogP contribution in [0.25, 0.3) is 6.08 Å². The maximum atomic E-state index is 10.6. The Balaban J connectivity index is 2.10. The molecule has 1 heterocycles. The molecule has 0 atom stereocenters. The number of aromatic nitrogens is 1. The SMILES string of the molecule is Cc1cncc(COc2ccc(Br)c(/C=C/C(=O)O)c2)c1. The summed E-state index contributed by atoms with van der Waals surface area (Å²) in [4.78, 5) is 14.7. The highest BCUT2D eigenvalue weighted by atomic mass is 79.9. The van der Waals surface area contributed by atoms with Crippen molar-refractivity contribution in [3.8, 4) is 5.75 Å². The maximum absolute atomic E-state index is 10.6. The van der Waals surface area contributed by atoms with Crippen molar-refractivity contribution in [2.75, 3.05) is 0 Å². The second-order valence-electron chi connectivity index (χ2n) is 4.51. The number of benzene rings is 1. The monoisotopic (exact) mass is 347 g/mol. The lowest BCUT2D eigenvalue weighted by molar-refractivity contribution is -0.131. The van der Waals surface area contributed by atoms with E-state index in [9.17, 15) is 4.79 Å². The van der Waals surface area contributed by atoms with Crippen molar-refractivity contribution in [3.63, 3.8) is 0 Å². The molecule has 0 fully saturated rings. The summed E-state index contributed by atoms with van der Waals surface area (Å²) in [6.07, 6.45) is 6.16. The minimum atomic E-state index is -0.987. The number of carboxylic acid groups (broad SMARTS) is 1. The summed E-state index contributed by atoms with van der Waals surface area (Å²) in [5, 5.41) is 8.67. The molecule has 0 saturated carbocycles. The minimum absolute atomic E-state index is 0.415. The number of pyridine rings is 1. The van der Waals surface area contributed by atoms with Gasteiger partial charge >= 0.3 is 5.97 Å². The first kappa shape index (κ1) is 15.3. The Kier molecular flexibility index (Phi) is 5.11. The summed E-state index contributed by atoms with van der Waals surface area (Å²) in [5.41, 5.74) is 2.81. The molecule has 2 aromatic rings. The van der Waals surface area contributed by atoms with Crippen LogP contribution in [-0.4, -0.2) is 16.1 Å². The zero-order valence-corrected chi connectivity index (χ0v) is 13.0. The standard InChI is InChI=1S/C16H14BrNO3/c1-11-6-12(9-18-8-11)10-21-14-3-4-15(17)13(7-14)2-5-16(19)20/h2-9H,10H2,1H3,(H,19,20)/b5-2+. The van der Waals surface area contributed by atoms with Crippen molar-refractivity contribution < 1.29 is 14.6 Å². The van der Waals surface area contributed by atoms with Crippen LogP contribution in [0.15, 0.2) is 47.2 Å². The van der Waals surface area contributed by atoms with Crippen molar-refractivity contribution in [3.05, 3.63) is 63.9 Å². The third-order valence-corrected chi connectivity index (χ3v) is 3.43. The molecule has 1 aromatic carbocycles. The predicted octanol–water partition coefficient (Wildman–Crippen LogP) is 3.83. The normalized spacial score (nSPS) is 10.8. The molecule has 21 heavy (non-hydrogen) atoms. The molecule has 0 spiro atoms. The number of nitrogens with zero attached hydrogens (tertiary/aromatic N) is 1. The second-order valence-corrected chi connectivity index (χ2v) is 5.37. The van der Waals surface area contributed by atoms with Crippen LogP contribution in [0.4, 0.5) is 0 Å². The zero-order valence-electron chi connectivity index (χ0n) is 11.4. The number of carboxylic acids is 1. The van der Waals surface area contributed by atoms with Gasteiger partial charge in [0.25, 0.3) is 0 Å². The number of aryl methyl sites for hydroxylation is 1. The van der Waals surface area contributed by atoms with Crippen LogP contribution in [0.5, 0.6) is 5.75 Å². The van der Waals surface area contributed by atoms with E-state index in [1.807, 2.05) is 25.1 Å². The van der Waals surface area contributed by atoms with Crippen LogP contribution in [0, 0.1) is 6.92 Å². The Bertz CT molecular complexity index is 683. The van der Waals surface area contributed by atoms with E-state index in [-0.39, 0.29) is 0 Å². The van der Waals surface area contributed by atoms with E-state index < -0.39 is 5.97 Å². The van der Waals surface area contributed by atoms with Gasteiger partial charge in [-0.25, -0.2) is 4.79 Å². The summed E-state index contributed by atoms with van der Waals surface area (Å²) in [5.74, 6) is -0.316. The molecule has 5 heteroatoms. The largest absolute Gasteiger partial charge is 0.489 e. The van der Waals surface area contributed by atoms with E-state index in [2.05, 4.69) is 20.9 Å². The van der Waals surface area contributed by atoms with Crippen LogP contribution in [0.1, 0.15) is 16.7 Å². The lowest BCUT2D eigenvalue weighted by Crippen LogP contribution is -1.97. The first-order chi connectivity index (χ1) is 10.0. The highest BCUT2D eigenvalue weighted by Crippen LogP contribution is 2.24. The maximum Gasteiger partial charge on any atom is 0.328 e. The Labute approximate surface area is 131 Å². The molecule has 0 aliphatic carbocycles. The van der Waals surface area contributed by atoms with Gasteiger partial charge in [-0.2, -0.15) is 0 Å². The summed E-state index contributed by atoms with van der Waals surface area (Å²) in [6, 6.07) is 7.45. The molecule has 0 radical (unpaired) electrons. The predicted molar refractivity (Wildman–Crippen MR) is 84.1 cm³/mol. The van der Waals surface area contributed by atoms with Gasteiger partial charge in [0.2, 0.25) is 0 Å². The van der Waals surface area contributed by atoms with E-state index in [1.54, 1.807) is 18.5 Å². The molecule has 0 unspecified atom stereocenters. The molecule has 1 N–H and O–H groups in total. The van der Waals surface area contributed by atoms with Gasteiger partial charge in [0.15, 0.2) is 0 Å². The van der Waals surface area contributed by atoms with Gasteiger partial charge in [0, 0.05) is 28.5 Å². The molecule has 1 aromatic heterocycles. The van der Waals surface area contributed by atoms with E-state index in [1.165, 1.54) is 6.08 Å². The molecule has 0 amide bonds. The van der Waals surface area contributed by atoms with Crippen molar-refractivity contribution in [1.29, 1.82) is 0 Å². The Morgan fingerprint density at radius 2 is 2.19 bits per heavy atom. The number of halogens is 1. The number of ether oxygens (including phenoxy) is 1. The molecule has 0 saturated heterocycles. The van der Waals surface area contributed by atoms with E-state index >= 15 is 0 Å². The summed E-state index contributed by atoms with van der Waals surface area (Å²) >= 11 is 3.38. The molecule has 2 rings (SSSR count). The fourth-order valence-corrected chi connectivity index (χ4v) is 2.14. The summed E-state index contributed by atoms with van der Waals surface area (Å²) in [6.45, 7) is 2.39. The third kappa shape index (κ3) is 4.72. The lowest BCUT2D eigenvalue weighted by Gasteiger charge is -2.08. The number of carbonyl (C=O) groups is 1. The summed E-state index contributed by atoms with van der Waals surface area (Å²) in [7, 11) is 0. The van der Waals surface area contributed by atoms with Gasteiger partial charge in [-0.15, -0.1) is 0 Å². The van der Waals surface area contributed by atoms with E-state index in [0.717, 1.165) is 27.2 Å². The highest BCUT2D eigenvalue weighted by Gasteiger charge is 2.02. The third-order valence-electron chi connectivity index (χ3n) is 2.71. The van der Waals surface area contributed by atoms with Crippen molar-refractivity contribution in [1.82, 2.24) is 4.98 Å². The van der Waals surface area contributed by atoms with Gasteiger partial charge in [0.05, 0.1) is 0 Å². The number of aliphatic carboxylic acids is 1. The van der Waals surface area contributed by atoms with Crippen molar-refractivity contribution >= 4 is 28.0 Å². The fraction of sp³-hybridized carbons (Fsp3) is 0.125. The van der Waals surface area contributed by atoms with Gasteiger partial charge in [0.1, 0.15) is 12.4 Å². The van der Waals surface area contributed by atoms with Gasteiger partial charge in [-0.05, 0) is 48.4 Å². The molecule has 0 aliphatic heterocycles. The van der Waals surface area contributed by atoms with Gasteiger partial charge in [-0.1, -0.05) is 15.9 Å². The van der Waals surface area contributed by atoms with Crippen molar-refractivity contribution in [2.45, 2.75) is 13.5 Å². The van der Waals surface area contributed by atoms with Crippen LogP contribution in [0.2, 0.25) is 0 Å². The second kappa shape index (κ2) is 7.04. The van der Waals surface area contributed by atoms with E-state index in [4.69, 9.17) is 9.84 Å². The Hall–Kier alpha value is -2.14. The molecule has 0 bridgehead atoms. The van der Waals surface area contributed by atoms with Gasteiger partial charge in [-0.3, -0.25) is 4.98 Å². The average Bonchev–Trinajstić information content (AvgIpc) is 2.45. The fourth-order valence-electron chi connectivity index (χ4n) is 1.76. The number of rotatable bonds is 5. The molecular weight excluding hydrogens is 334 g/mol. The number of hydrogen-bond acceptors (Lipinski definition) is 3. The topological polar surface area (TPSA) is 59.4 Å². The van der Waals surface area contributed by atoms with Crippen LogP contribution < -0.4 is 4.74 Å². The first-order valence-electron chi connectivity index (χ1n) is 6.28. The minimum Gasteiger partial charge on any atom is -0.489 e. The molecule has 4 nitrogen and oxygen atoms in total. The van der Waals surface area contributed by atoms with E-state index in [0.29, 0.717) is 12.4 Å². The lowest BCUT2D eigenvalue weighted by atomic mass is 10.2. The zero-order chi connectivity index (χ0) is 15.2. The summed E-state index contributed by atoms with van der Waals surface area (Å²) < 4.78 is 6.52. The number of hydrogen-bond donors (Lipinski definition) is 1. The molecular formula is C16H14BrNO3. The van der Waals surface area contributed by atoms with Crippen LogP contribution in [0.3, 0.4) is 0 Å². The van der Waals surface area contributed by atoms with Crippen LogP contribution >= 0.6 is 15.9 Å². The highest BCUT2D eigenvalue weighted by molar-refractivity contribution is 9.10. The van der Waals surface area contributed by atoms with Crippen molar-refractivity contribution in [2.24, 2.45) is 0 Å². The first-order valence-corrected chi connectivity index (χ1v) is 7.08. The van der Waals surface area contributed by atoms with Gasteiger partial charge < -0.3 is 9.84 Å². The Morgan fingerprint density at radius 1 is 1.38 bits per heavy atom. The smallest absolute Gasteiger partial charge is 0.328 e. The van der Waals surface area contributed by atoms with Crippen LogP contribution in [-0.2, 0) is 11.4 Å².